The number of hydroxylamine groups is 1. The van der Waals surface area contributed by atoms with Gasteiger partial charge in [0.15, 0.2) is 4.67 Å². The fraction of sp³-hybridized carbons (Fsp3) is 0.188. The van der Waals surface area contributed by atoms with Crippen LogP contribution in [0, 0.1) is 0 Å². The standard InChI is InChI=1S/C16H16BrNO4/c1-20-16(19)13(9-14-7-8-15(17)22-14)10-18-21-11-12-5-3-2-4-6-12/h2-9,18H,10-11H2,1H3/b13-9-. The number of nitrogens with one attached hydrogen (secondary N) is 1. The number of furan rings is 1. The van der Waals surface area contributed by atoms with E-state index in [-0.39, 0.29) is 6.54 Å². The zero-order valence-corrected chi connectivity index (χ0v) is 13.6. The largest absolute Gasteiger partial charge is 0.466 e. The van der Waals surface area contributed by atoms with E-state index in [4.69, 9.17) is 14.0 Å². The second-order valence-electron chi connectivity index (χ2n) is 4.40. The molecule has 0 radical (unpaired) electrons. The van der Waals surface area contributed by atoms with Crippen LogP contribution in [-0.4, -0.2) is 19.6 Å². The van der Waals surface area contributed by atoms with E-state index in [1.165, 1.54) is 7.11 Å². The molecule has 1 aromatic carbocycles. The summed E-state index contributed by atoms with van der Waals surface area (Å²) in [5.41, 5.74) is 4.19. The molecule has 0 amide bonds. The van der Waals surface area contributed by atoms with Crippen LogP contribution in [0.4, 0.5) is 0 Å². The van der Waals surface area contributed by atoms with E-state index < -0.39 is 5.97 Å². The van der Waals surface area contributed by atoms with E-state index in [0.29, 0.717) is 22.6 Å². The van der Waals surface area contributed by atoms with Crippen LogP contribution in [0.15, 0.2) is 57.1 Å². The van der Waals surface area contributed by atoms with Gasteiger partial charge in [-0.15, -0.1) is 0 Å². The number of methoxy groups -OCH3 is 1. The quantitative estimate of drug-likeness (QED) is 0.353. The van der Waals surface area contributed by atoms with Gasteiger partial charge in [0.1, 0.15) is 5.76 Å². The number of esters is 1. The Kier molecular flexibility index (Phi) is 6.39. The maximum Gasteiger partial charge on any atom is 0.335 e. The average molecular weight is 366 g/mol. The van der Waals surface area contributed by atoms with Gasteiger partial charge < -0.3 is 9.15 Å². The molecule has 2 aromatic rings. The number of ether oxygens (including phenoxy) is 1. The van der Waals surface area contributed by atoms with Gasteiger partial charge in [-0.2, -0.15) is 5.48 Å². The molecule has 1 N–H and O–H groups in total. The predicted octanol–water partition coefficient (Wildman–Crippen LogP) is 3.32. The zero-order chi connectivity index (χ0) is 15.8. The number of hydrogen-bond donors (Lipinski definition) is 1. The first-order chi connectivity index (χ1) is 10.7. The second kappa shape index (κ2) is 8.53. The third-order valence-corrected chi connectivity index (χ3v) is 3.23. The monoisotopic (exact) mass is 365 g/mol. The van der Waals surface area contributed by atoms with Crippen LogP contribution in [0.25, 0.3) is 6.08 Å². The summed E-state index contributed by atoms with van der Waals surface area (Å²) in [6.07, 6.45) is 1.61. The lowest BCUT2D eigenvalue weighted by molar-refractivity contribution is -0.136. The predicted molar refractivity (Wildman–Crippen MR) is 85.6 cm³/mol. The normalized spacial score (nSPS) is 11.5. The molecule has 0 spiro atoms. The van der Waals surface area contributed by atoms with Gasteiger partial charge in [0, 0.05) is 0 Å². The van der Waals surface area contributed by atoms with E-state index in [1.807, 2.05) is 30.3 Å². The number of benzene rings is 1. The lowest BCUT2D eigenvalue weighted by atomic mass is 10.2. The Balaban J connectivity index is 1.90. The Bertz CT molecular complexity index is 637. The smallest absolute Gasteiger partial charge is 0.335 e. The van der Waals surface area contributed by atoms with Crippen LogP contribution in [-0.2, 0) is 21.0 Å². The van der Waals surface area contributed by atoms with Crippen LogP contribution in [0.1, 0.15) is 11.3 Å². The van der Waals surface area contributed by atoms with Gasteiger partial charge >= 0.3 is 5.97 Å². The SMILES string of the molecule is COC(=O)/C(=C\c1ccc(Br)o1)CNOCc1ccccc1. The van der Waals surface area contributed by atoms with Crippen molar-refractivity contribution >= 4 is 28.0 Å². The van der Waals surface area contributed by atoms with E-state index >= 15 is 0 Å². The molecule has 2 rings (SSSR count). The van der Waals surface area contributed by atoms with E-state index in [9.17, 15) is 4.79 Å². The van der Waals surface area contributed by atoms with Gasteiger partial charge in [0.25, 0.3) is 0 Å². The summed E-state index contributed by atoms with van der Waals surface area (Å²) in [6, 6.07) is 13.2. The Hall–Kier alpha value is -1.89. The van der Waals surface area contributed by atoms with Crippen molar-refractivity contribution in [3.05, 3.63) is 64.0 Å². The molecule has 5 nitrogen and oxygen atoms in total. The van der Waals surface area contributed by atoms with Crippen molar-refractivity contribution in [2.45, 2.75) is 6.61 Å². The highest BCUT2D eigenvalue weighted by Crippen LogP contribution is 2.17. The summed E-state index contributed by atoms with van der Waals surface area (Å²) < 4.78 is 10.7. The van der Waals surface area contributed by atoms with Gasteiger partial charge in [0.2, 0.25) is 0 Å². The number of rotatable bonds is 7. The van der Waals surface area contributed by atoms with E-state index in [1.54, 1.807) is 18.2 Å². The average Bonchev–Trinajstić information content (AvgIpc) is 2.95. The molecule has 0 fully saturated rings. The zero-order valence-electron chi connectivity index (χ0n) is 12.0. The molecule has 1 aromatic heterocycles. The van der Waals surface area contributed by atoms with Gasteiger partial charge in [-0.05, 0) is 39.7 Å². The summed E-state index contributed by atoms with van der Waals surface area (Å²) in [7, 11) is 1.33. The molecule has 1 heterocycles. The summed E-state index contributed by atoms with van der Waals surface area (Å²) >= 11 is 3.21. The third kappa shape index (κ3) is 5.14. The van der Waals surface area contributed by atoms with Gasteiger partial charge in [0.05, 0.1) is 25.8 Å². The number of hydrogen-bond acceptors (Lipinski definition) is 5. The molecule has 0 atom stereocenters. The minimum atomic E-state index is -0.441. The first-order valence-electron chi connectivity index (χ1n) is 6.62. The van der Waals surface area contributed by atoms with Crippen LogP contribution in [0.5, 0.6) is 0 Å². The molecule has 6 heteroatoms. The molecule has 22 heavy (non-hydrogen) atoms. The number of carbonyl (C=O) groups excluding carboxylic acids is 1. The fourth-order valence-electron chi connectivity index (χ4n) is 1.73. The Morgan fingerprint density at radius 1 is 1.27 bits per heavy atom. The van der Waals surface area contributed by atoms with Crippen molar-refractivity contribution in [2.24, 2.45) is 0 Å². The summed E-state index contributed by atoms with van der Waals surface area (Å²) in [5, 5.41) is 0. The van der Waals surface area contributed by atoms with Crippen molar-refractivity contribution in [1.29, 1.82) is 0 Å². The van der Waals surface area contributed by atoms with Crippen LogP contribution < -0.4 is 5.48 Å². The van der Waals surface area contributed by atoms with Crippen molar-refractivity contribution in [3.63, 3.8) is 0 Å². The summed E-state index contributed by atoms with van der Waals surface area (Å²) in [6.45, 7) is 0.611. The highest BCUT2D eigenvalue weighted by atomic mass is 79.9. The Labute approximate surface area is 137 Å². The van der Waals surface area contributed by atoms with Crippen LogP contribution in [0.3, 0.4) is 0 Å². The molecule has 0 saturated heterocycles. The summed E-state index contributed by atoms with van der Waals surface area (Å²) in [4.78, 5) is 17.1. The Morgan fingerprint density at radius 2 is 2.05 bits per heavy atom. The minimum absolute atomic E-state index is 0.206. The lowest BCUT2D eigenvalue weighted by Crippen LogP contribution is -2.22. The first-order valence-corrected chi connectivity index (χ1v) is 7.41. The molecule has 0 saturated carbocycles. The van der Waals surface area contributed by atoms with Crippen molar-refractivity contribution in [1.82, 2.24) is 5.48 Å². The fourth-order valence-corrected chi connectivity index (χ4v) is 2.05. The minimum Gasteiger partial charge on any atom is -0.466 e. The highest BCUT2D eigenvalue weighted by molar-refractivity contribution is 9.10. The maximum atomic E-state index is 11.7. The highest BCUT2D eigenvalue weighted by Gasteiger charge is 2.11. The van der Waals surface area contributed by atoms with Crippen LogP contribution >= 0.6 is 15.9 Å². The molecule has 0 bridgehead atoms. The maximum absolute atomic E-state index is 11.7. The number of halogens is 1. The first kappa shape index (κ1) is 16.5. The van der Waals surface area contributed by atoms with Crippen molar-refractivity contribution < 1.29 is 18.8 Å². The molecule has 0 aliphatic rings. The topological polar surface area (TPSA) is 60.7 Å². The molecular weight excluding hydrogens is 350 g/mol. The van der Waals surface area contributed by atoms with Gasteiger partial charge in [-0.3, -0.25) is 4.84 Å². The molecular formula is C16H16BrNO4. The second-order valence-corrected chi connectivity index (χ2v) is 5.18. The lowest BCUT2D eigenvalue weighted by Gasteiger charge is -2.08. The number of carbonyl (C=O) groups is 1. The molecule has 0 aliphatic carbocycles. The van der Waals surface area contributed by atoms with Crippen molar-refractivity contribution in [2.75, 3.05) is 13.7 Å². The van der Waals surface area contributed by atoms with Gasteiger partial charge in [-0.25, -0.2) is 4.79 Å². The van der Waals surface area contributed by atoms with E-state index in [2.05, 4.69) is 21.4 Å². The molecule has 116 valence electrons. The van der Waals surface area contributed by atoms with E-state index in [0.717, 1.165) is 5.56 Å². The van der Waals surface area contributed by atoms with Crippen molar-refractivity contribution in [3.8, 4) is 0 Å². The van der Waals surface area contributed by atoms with Crippen LogP contribution in [0.2, 0.25) is 0 Å². The Morgan fingerprint density at radius 3 is 2.68 bits per heavy atom. The van der Waals surface area contributed by atoms with Gasteiger partial charge in [-0.1, -0.05) is 30.3 Å². The third-order valence-electron chi connectivity index (χ3n) is 2.80. The summed E-state index contributed by atoms with van der Waals surface area (Å²) in [5.74, 6) is 0.112. The molecule has 0 unspecified atom stereocenters. The molecule has 0 aliphatic heterocycles.